The normalized spacial score (nSPS) is 21.3. The van der Waals surface area contributed by atoms with Crippen molar-refractivity contribution in [2.45, 2.75) is 12.5 Å². The number of nitrogens with zero attached hydrogens (tertiary/aromatic N) is 2. The van der Waals surface area contributed by atoms with Crippen molar-refractivity contribution in [3.63, 3.8) is 0 Å². The number of nitrogens with one attached hydrogen (secondary N) is 1. The molecule has 0 bridgehead atoms. The third kappa shape index (κ3) is 2.53. The Kier molecular flexibility index (Phi) is 3.29. The average molecular weight is 204 g/mol. The summed E-state index contributed by atoms with van der Waals surface area (Å²) in [6, 6.07) is 6.03. The summed E-state index contributed by atoms with van der Waals surface area (Å²) in [5, 5.41) is 3.27. The van der Waals surface area contributed by atoms with Gasteiger partial charge in [0.25, 0.3) is 0 Å². The van der Waals surface area contributed by atoms with E-state index in [2.05, 4.69) is 10.3 Å². The van der Waals surface area contributed by atoms with Gasteiger partial charge < -0.3 is 10.2 Å². The molecule has 0 spiro atoms. The molecule has 1 aromatic heterocycles. The summed E-state index contributed by atoms with van der Waals surface area (Å²) in [6.07, 6.45) is 4.56. The van der Waals surface area contributed by atoms with Crippen LogP contribution in [0.15, 0.2) is 24.4 Å². The average Bonchev–Trinajstić information content (AvgIpc) is 2.31. The minimum absolute atomic E-state index is 0.186. The van der Waals surface area contributed by atoms with Crippen LogP contribution in [-0.2, 0) is 11.2 Å². The van der Waals surface area contributed by atoms with Crippen LogP contribution in [0.3, 0.4) is 0 Å². The molecule has 0 aromatic carbocycles. The lowest BCUT2D eigenvalue weighted by atomic mass is 10.1. The van der Waals surface area contributed by atoms with Gasteiger partial charge in [0.05, 0.1) is 6.04 Å². The van der Waals surface area contributed by atoms with Crippen molar-refractivity contribution in [2.75, 3.05) is 19.6 Å². The second kappa shape index (κ2) is 4.89. The van der Waals surface area contributed by atoms with E-state index in [4.69, 9.17) is 0 Å². The molecule has 79 valence electrons. The van der Waals surface area contributed by atoms with Crippen molar-refractivity contribution in [3.05, 3.63) is 30.1 Å². The summed E-state index contributed by atoms with van der Waals surface area (Å²) >= 11 is 0. The van der Waals surface area contributed by atoms with Gasteiger partial charge >= 0.3 is 6.41 Å². The van der Waals surface area contributed by atoms with E-state index >= 15 is 0 Å². The Hall–Kier alpha value is -1.42. The molecule has 1 aliphatic heterocycles. The monoisotopic (exact) mass is 204 g/mol. The molecule has 1 saturated heterocycles. The highest BCUT2D eigenvalue weighted by Gasteiger charge is 2.21. The minimum atomic E-state index is 0.186. The summed E-state index contributed by atoms with van der Waals surface area (Å²) < 4.78 is 0. The molecule has 1 fully saturated rings. The van der Waals surface area contributed by atoms with Gasteiger partial charge in [0.15, 0.2) is 0 Å². The Morgan fingerprint density at radius 2 is 2.53 bits per heavy atom. The van der Waals surface area contributed by atoms with Crippen molar-refractivity contribution < 1.29 is 4.79 Å². The summed E-state index contributed by atoms with van der Waals surface area (Å²) in [5.41, 5.74) is 1.02. The predicted molar refractivity (Wildman–Crippen MR) is 57.0 cm³/mol. The number of pyridine rings is 1. The molecule has 2 heterocycles. The summed E-state index contributed by atoms with van der Waals surface area (Å²) in [7, 11) is 0. The van der Waals surface area contributed by atoms with Gasteiger partial charge in [0, 0.05) is 37.9 Å². The van der Waals surface area contributed by atoms with Gasteiger partial charge in [-0.05, 0) is 12.1 Å². The first-order valence-electron chi connectivity index (χ1n) is 5.15. The molecule has 1 aromatic rings. The fraction of sp³-hybridized carbons (Fsp3) is 0.455. The Bertz CT molecular complexity index is 315. The fourth-order valence-corrected chi connectivity index (χ4v) is 1.82. The van der Waals surface area contributed by atoms with Crippen molar-refractivity contribution in [2.24, 2.45) is 0 Å². The number of rotatable bonds is 3. The maximum atomic E-state index is 10.7. The number of amides is 1. The van der Waals surface area contributed by atoms with Gasteiger partial charge in [-0.3, -0.25) is 9.78 Å². The molecule has 0 saturated carbocycles. The van der Waals surface area contributed by atoms with Gasteiger partial charge in [-0.15, -0.1) is 0 Å². The molecule has 1 amide bonds. The number of carbonyl (C=O) groups excluding carboxylic acids is 1. The Balaban J connectivity index is 2.00. The molecule has 1 atom stereocenters. The molecule has 0 aliphatic carbocycles. The number of hydrogen-bond donors (Lipinski definition) is 1. The first kappa shape index (κ1) is 10.1. The van der Waals surface area contributed by atoms with E-state index in [1.807, 2.05) is 24.6 Å². The Labute approximate surface area is 89.3 Å². The third-order valence-corrected chi connectivity index (χ3v) is 2.64. The lowest BCUT2D eigenvalue weighted by Gasteiger charge is -2.32. The van der Waals surface area contributed by atoms with E-state index in [1.165, 1.54) is 0 Å². The molecule has 4 heteroatoms. The van der Waals surface area contributed by atoms with Crippen LogP contribution in [0.5, 0.6) is 0 Å². The predicted octanol–water partition coefficient (Wildman–Crippen LogP) is -0.0349. The van der Waals surface area contributed by atoms with Gasteiger partial charge in [0.2, 0.25) is 0 Å². The highest BCUT2D eigenvalue weighted by molar-refractivity contribution is 5.49. The molecule has 4 nitrogen and oxygen atoms in total. The lowest BCUT2D eigenvalue weighted by Crippen LogP contribution is -2.51. The summed E-state index contributed by atoms with van der Waals surface area (Å²) in [5.74, 6) is 0. The zero-order valence-corrected chi connectivity index (χ0v) is 8.52. The summed E-state index contributed by atoms with van der Waals surface area (Å²) in [4.78, 5) is 16.7. The third-order valence-electron chi connectivity index (χ3n) is 2.64. The molecule has 1 N–H and O–H groups in total. The van der Waals surface area contributed by atoms with Crippen LogP contribution < -0.4 is 5.32 Å². The van der Waals surface area contributed by atoms with Crippen LogP contribution >= 0.6 is 0 Å². The standard InChI is InChI=1S/C11H14N3O/c15-9-14-6-5-12-8-11(14)7-10-3-1-2-4-13-10/h1-4,11-12H,5-8H2. The molecule has 15 heavy (non-hydrogen) atoms. The van der Waals surface area contributed by atoms with Crippen LogP contribution in [-0.4, -0.2) is 42.0 Å². The van der Waals surface area contributed by atoms with E-state index < -0.39 is 0 Å². The molecule has 1 unspecified atom stereocenters. The number of aromatic nitrogens is 1. The van der Waals surface area contributed by atoms with Crippen LogP contribution in [0.1, 0.15) is 5.69 Å². The van der Waals surface area contributed by atoms with Gasteiger partial charge in [0.1, 0.15) is 0 Å². The van der Waals surface area contributed by atoms with Crippen LogP contribution in [0.25, 0.3) is 0 Å². The quantitative estimate of drug-likeness (QED) is 0.751. The number of hydrogen-bond acceptors (Lipinski definition) is 3. The maximum Gasteiger partial charge on any atom is 0.312 e. The van der Waals surface area contributed by atoms with Crippen LogP contribution in [0.4, 0.5) is 0 Å². The molecular weight excluding hydrogens is 190 g/mol. The van der Waals surface area contributed by atoms with E-state index in [1.54, 1.807) is 11.1 Å². The Morgan fingerprint density at radius 1 is 1.60 bits per heavy atom. The van der Waals surface area contributed by atoms with Crippen molar-refractivity contribution in [1.82, 2.24) is 15.2 Å². The summed E-state index contributed by atoms with van der Waals surface area (Å²) in [6.45, 7) is 2.42. The first-order chi connectivity index (χ1) is 7.40. The lowest BCUT2D eigenvalue weighted by molar-refractivity contribution is 0.243. The Morgan fingerprint density at radius 3 is 3.27 bits per heavy atom. The molecule has 1 radical (unpaired) electrons. The minimum Gasteiger partial charge on any atom is -0.329 e. The van der Waals surface area contributed by atoms with E-state index in [0.717, 1.165) is 31.7 Å². The van der Waals surface area contributed by atoms with Crippen LogP contribution in [0.2, 0.25) is 0 Å². The number of piperazine rings is 1. The SMILES string of the molecule is O=[C]N1CCNCC1Cc1ccccn1. The van der Waals surface area contributed by atoms with E-state index in [-0.39, 0.29) is 6.04 Å². The maximum absolute atomic E-state index is 10.7. The molecule has 2 rings (SSSR count). The van der Waals surface area contributed by atoms with Gasteiger partial charge in [-0.2, -0.15) is 0 Å². The van der Waals surface area contributed by atoms with Crippen molar-refractivity contribution in [3.8, 4) is 0 Å². The van der Waals surface area contributed by atoms with E-state index in [0.29, 0.717) is 0 Å². The highest BCUT2D eigenvalue weighted by Crippen LogP contribution is 2.07. The largest absolute Gasteiger partial charge is 0.329 e. The zero-order valence-electron chi connectivity index (χ0n) is 8.52. The fourth-order valence-electron chi connectivity index (χ4n) is 1.82. The molecular formula is C11H14N3O. The van der Waals surface area contributed by atoms with Crippen molar-refractivity contribution >= 4 is 6.41 Å². The smallest absolute Gasteiger partial charge is 0.312 e. The first-order valence-corrected chi connectivity index (χ1v) is 5.15. The van der Waals surface area contributed by atoms with Gasteiger partial charge in [-0.1, -0.05) is 6.07 Å². The second-order valence-electron chi connectivity index (χ2n) is 3.67. The van der Waals surface area contributed by atoms with Crippen molar-refractivity contribution in [1.29, 1.82) is 0 Å². The van der Waals surface area contributed by atoms with E-state index in [9.17, 15) is 4.79 Å². The second-order valence-corrected chi connectivity index (χ2v) is 3.67. The zero-order chi connectivity index (χ0) is 10.5. The topological polar surface area (TPSA) is 45.2 Å². The van der Waals surface area contributed by atoms with Crippen LogP contribution in [0, 0.1) is 0 Å². The van der Waals surface area contributed by atoms with Gasteiger partial charge in [-0.25, -0.2) is 0 Å². The highest BCUT2D eigenvalue weighted by atomic mass is 16.1. The molecule has 1 aliphatic rings.